The normalized spacial score (nSPS) is 19.8. The van der Waals surface area contributed by atoms with E-state index >= 15 is 0 Å². The fraction of sp³-hybridized carbons (Fsp3) is 0.688. The number of nitrogens with one attached hydrogen (secondary N) is 1. The van der Waals surface area contributed by atoms with E-state index in [4.69, 9.17) is 0 Å². The second-order valence-electron chi connectivity index (χ2n) is 6.54. The maximum absolute atomic E-state index is 12.2. The number of carbonyl (C=O) groups is 2. The SMILES string of the molecule is CCC(C)NC(=O)C1CC(=O)N(c2cnn(CC(C)C)c2)C1. The van der Waals surface area contributed by atoms with Gasteiger partial charge in [-0.25, -0.2) is 0 Å². The van der Waals surface area contributed by atoms with Crippen LogP contribution in [0.2, 0.25) is 0 Å². The lowest BCUT2D eigenvalue weighted by atomic mass is 10.1. The molecule has 22 heavy (non-hydrogen) atoms. The Kier molecular flexibility index (Phi) is 5.21. The molecule has 0 saturated carbocycles. The van der Waals surface area contributed by atoms with E-state index in [0.29, 0.717) is 12.5 Å². The molecule has 2 heterocycles. The Bertz CT molecular complexity index is 538. The van der Waals surface area contributed by atoms with Crippen LogP contribution in [0.15, 0.2) is 12.4 Å². The minimum absolute atomic E-state index is 0.00611. The number of anilines is 1. The van der Waals surface area contributed by atoms with Crippen LogP contribution in [0.5, 0.6) is 0 Å². The zero-order valence-electron chi connectivity index (χ0n) is 13.9. The highest BCUT2D eigenvalue weighted by molar-refractivity contribution is 6.00. The van der Waals surface area contributed by atoms with Gasteiger partial charge in [0, 0.05) is 31.7 Å². The molecule has 122 valence electrons. The highest BCUT2D eigenvalue weighted by Gasteiger charge is 2.35. The standard InChI is InChI=1S/C16H26N4O2/c1-5-12(4)18-16(22)13-6-15(21)20(9-13)14-7-17-19(10-14)8-11(2)3/h7,10-13H,5-6,8-9H2,1-4H3,(H,18,22). The molecule has 2 atom stereocenters. The summed E-state index contributed by atoms with van der Waals surface area (Å²) < 4.78 is 1.85. The monoisotopic (exact) mass is 306 g/mol. The Labute approximate surface area is 131 Å². The molecule has 0 aliphatic carbocycles. The van der Waals surface area contributed by atoms with E-state index < -0.39 is 0 Å². The Morgan fingerprint density at radius 3 is 2.82 bits per heavy atom. The molecule has 1 fully saturated rings. The average molecular weight is 306 g/mol. The number of nitrogens with zero attached hydrogens (tertiary/aromatic N) is 3. The van der Waals surface area contributed by atoms with Gasteiger partial charge < -0.3 is 10.2 Å². The summed E-state index contributed by atoms with van der Waals surface area (Å²) in [6.45, 7) is 9.51. The van der Waals surface area contributed by atoms with Gasteiger partial charge in [-0.05, 0) is 19.3 Å². The van der Waals surface area contributed by atoms with E-state index in [9.17, 15) is 9.59 Å². The second-order valence-corrected chi connectivity index (χ2v) is 6.54. The number of rotatable bonds is 6. The number of aromatic nitrogens is 2. The van der Waals surface area contributed by atoms with Gasteiger partial charge in [-0.3, -0.25) is 14.3 Å². The van der Waals surface area contributed by atoms with E-state index in [1.54, 1.807) is 11.1 Å². The summed E-state index contributed by atoms with van der Waals surface area (Å²) in [6, 6.07) is 0.144. The highest BCUT2D eigenvalue weighted by Crippen LogP contribution is 2.25. The molecule has 1 N–H and O–H groups in total. The smallest absolute Gasteiger partial charge is 0.227 e. The van der Waals surface area contributed by atoms with Gasteiger partial charge in [-0.15, -0.1) is 0 Å². The zero-order valence-corrected chi connectivity index (χ0v) is 13.9. The number of hydrogen-bond acceptors (Lipinski definition) is 3. The number of amides is 2. The lowest BCUT2D eigenvalue weighted by Gasteiger charge is -2.16. The van der Waals surface area contributed by atoms with Gasteiger partial charge in [-0.2, -0.15) is 5.10 Å². The Hall–Kier alpha value is -1.85. The van der Waals surface area contributed by atoms with Crippen LogP contribution in [0.3, 0.4) is 0 Å². The lowest BCUT2D eigenvalue weighted by Crippen LogP contribution is -2.38. The first-order valence-electron chi connectivity index (χ1n) is 8.03. The highest BCUT2D eigenvalue weighted by atomic mass is 16.2. The van der Waals surface area contributed by atoms with Crippen molar-refractivity contribution in [2.75, 3.05) is 11.4 Å². The van der Waals surface area contributed by atoms with Gasteiger partial charge in [0.05, 0.1) is 17.8 Å². The van der Waals surface area contributed by atoms with Crippen molar-refractivity contribution in [1.29, 1.82) is 0 Å². The van der Waals surface area contributed by atoms with Crippen LogP contribution in [-0.2, 0) is 16.1 Å². The van der Waals surface area contributed by atoms with Gasteiger partial charge in [0.15, 0.2) is 0 Å². The van der Waals surface area contributed by atoms with Crippen LogP contribution in [0.1, 0.15) is 40.5 Å². The predicted octanol–water partition coefficient (Wildman–Crippen LogP) is 1.81. The molecular formula is C16H26N4O2. The third kappa shape index (κ3) is 3.87. The molecule has 6 nitrogen and oxygen atoms in total. The van der Waals surface area contributed by atoms with Crippen molar-refractivity contribution in [3.63, 3.8) is 0 Å². The van der Waals surface area contributed by atoms with Crippen LogP contribution in [0, 0.1) is 11.8 Å². The van der Waals surface area contributed by atoms with Gasteiger partial charge in [0.25, 0.3) is 0 Å². The van der Waals surface area contributed by atoms with Crippen molar-refractivity contribution in [3.05, 3.63) is 12.4 Å². The molecule has 1 aromatic rings. The van der Waals surface area contributed by atoms with E-state index in [1.807, 2.05) is 24.7 Å². The summed E-state index contributed by atoms with van der Waals surface area (Å²) in [5.74, 6) is 0.194. The summed E-state index contributed by atoms with van der Waals surface area (Å²) in [4.78, 5) is 26.0. The molecule has 1 saturated heterocycles. The second kappa shape index (κ2) is 6.94. The zero-order chi connectivity index (χ0) is 16.3. The van der Waals surface area contributed by atoms with Gasteiger partial charge in [0.2, 0.25) is 11.8 Å². The Morgan fingerprint density at radius 1 is 1.45 bits per heavy atom. The molecule has 0 radical (unpaired) electrons. The first kappa shape index (κ1) is 16.5. The molecular weight excluding hydrogens is 280 g/mol. The topological polar surface area (TPSA) is 67.2 Å². The fourth-order valence-corrected chi connectivity index (χ4v) is 2.56. The van der Waals surface area contributed by atoms with Crippen molar-refractivity contribution in [1.82, 2.24) is 15.1 Å². The van der Waals surface area contributed by atoms with E-state index in [0.717, 1.165) is 18.7 Å². The molecule has 0 bridgehead atoms. The number of carbonyl (C=O) groups excluding carboxylic acids is 2. The summed E-state index contributed by atoms with van der Waals surface area (Å²) in [5, 5.41) is 7.25. The molecule has 2 unspecified atom stereocenters. The number of hydrogen-bond donors (Lipinski definition) is 1. The van der Waals surface area contributed by atoms with Gasteiger partial charge in [0.1, 0.15) is 0 Å². The molecule has 0 aromatic carbocycles. The van der Waals surface area contributed by atoms with Crippen LogP contribution in [-0.4, -0.2) is 34.2 Å². The summed E-state index contributed by atoms with van der Waals surface area (Å²) in [7, 11) is 0. The summed E-state index contributed by atoms with van der Waals surface area (Å²) in [5.41, 5.74) is 0.782. The molecule has 1 aliphatic heterocycles. The summed E-state index contributed by atoms with van der Waals surface area (Å²) in [6.07, 6.45) is 4.75. The Balaban J connectivity index is 2.00. The van der Waals surface area contributed by atoms with E-state index in [2.05, 4.69) is 24.3 Å². The lowest BCUT2D eigenvalue weighted by molar-refractivity contribution is -0.126. The molecule has 2 rings (SSSR count). The molecule has 1 aliphatic rings. The van der Waals surface area contributed by atoms with Gasteiger partial charge >= 0.3 is 0 Å². The van der Waals surface area contributed by atoms with Crippen molar-refractivity contribution >= 4 is 17.5 Å². The van der Waals surface area contributed by atoms with Crippen LogP contribution in [0.4, 0.5) is 5.69 Å². The minimum Gasteiger partial charge on any atom is -0.353 e. The minimum atomic E-state index is -0.269. The van der Waals surface area contributed by atoms with E-state index in [1.165, 1.54) is 0 Å². The predicted molar refractivity (Wildman–Crippen MR) is 85.4 cm³/mol. The van der Waals surface area contributed by atoms with Crippen molar-refractivity contribution in [2.24, 2.45) is 11.8 Å². The third-order valence-electron chi connectivity index (χ3n) is 3.98. The molecule has 0 spiro atoms. The fourth-order valence-electron chi connectivity index (χ4n) is 2.56. The average Bonchev–Trinajstić information content (AvgIpc) is 3.04. The first-order chi connectivity index (χ1) is 10.4. The van der Waals surface area contributed by atoms with E-state index in [-0.39, 0.29) is 30.2 Å². The van der Waals surface area contributed by atoms with Crippen LogP contribution < -0.4 is 10.2 Å². The van der Waals surface area contributed by atoms with Crippen molar-refractivity contribution < 1.29 is 9.59 Å². The first-order valence-corrected chi connectivity index (χ1v) is 8.03. The quantitative estimate of drug-likeness (QED) is 0.871. The van der Waals surface area contributed by atoms with Crippen LogP contribution in [0.25, 0.3) is 0 Å². The third-order valence-corrected chi connectivity index (χ3v) is 3.98. The molecule has 6 heteroatoms. The summed E-state index contributed by atoms with van der Waals surface area (Å²) >= 11 is 0. The van der Waals surface area contributed by atoms with Crippen LogP contribution >= 0.6 is 0 Å². The Morgan fingerprint density at radius 2 is 2.18 bits per heavy atom. The largest absolute Gasteiger partial charge is 0.353 e. The van der Waals surface area contributed by atoms with Gasteiger partial charge in [-0.1, -0.05) is 20.8 Å². The molecule has 1 aromatic heterocycles. The molecule has 2 amide bonds. The maximum atomic E-state index is 12.2. The maximum Gasteiger partial charge on any atom is 0.227 e. The van der Waals surface area contributed by atoms with Crippen molar-refractivity contribution in [3.8, 4) is 0 Å². The van der Waals surface area contributed by atoms with Crippen molar-refractivity contribution in [2.45, 2.75) is 53.1 Å².